The van der Waals surface area contributed by atoms with Gasteiger partial charge in [0.15, 0.2) is 0 Å². The highest BCUT2D eigenvalue weighted by Gasteiger charge is 2.16. The molecule has 0 radical (unpaired) electrons. The summed E-state index contributed by atoms with van der Waals surface area (Å²) in [6, 6.07) is 19.1. The fraction of sp³-hybridized carbons (Fsp3) is 0.130. The molecule has 0 aliphatic rings. The predicted octanol–water partition coefficient (Wildman–Crippen LogP) is 4.95. The van der Waals surface area contributed by atoms with E-state index in [0.29, 0.717) is 22.6 Å². The zero-order chi connectivity index (χ0) is 21.7. The molecule has 7 heteroatoms. The minimum absolute atomic E-state index is 0.00650. The van der Waals surface area contributed by atoms with Gasteiger partial charge >= 0.3 is 0 Å². The van der Waals surface area contributed by atoms with Gasteiger partial charge in [-0.2, -0.15) is 5.26 Å². The molecule has 30 heavy (non-hydrogen) atoms. The van der Waals surface area contributed by atoms with E-state index in [2.05, 4.69) is 5.32 Å². The number of hydrogen-bond acceptors (Lipinski definition) is 5. The van der Waals surface area contributed by atoms with Crippen molar-refractivity contribution in [3.63, 3.8) is 0 Å². The summed E-state index contributed by atoms with van der Waals surface area (Å²) in [7, 11) is 0. The van der Waals surface area contributed by atoms with Gasteiger partial charge < -0.3 is 9.73 Å². The number of benzene rings is 2. The first-order valence-corrected chi connectivity index (χ1v) is 9.22. The van der Waals surface area contributed by atoms with E-state index < -0.39 is 10.8 Å². The lowest BCUT2D eigenvalue weighted by atomic mass is 10.1. The Morgan fingerprint density at radius 1 is 1.20 bits per heavy atom. The van der Waals surface area contributed by atoms with Gasteiger partial charge in [-0.15, -0.1) is 0 Å². The minimum atomic E-state index is -0.516. The van der Waals surface area contributed by atoms with Crippen molar-refractivity contribution in [2.45, 2.75) is 19.9 Å². The lowest BCUT2D eigenvalue weighted by molar-refractivity contribution is -0.385. The summed E-state index contributed by atoms with van der Waals surface area (Å²) in [6.45, 7) is 3.49. The third-order valence-electron chi connectivity index (χ3n) is 4.62. The summed E-state index contributed by atoms with van der Waals surface area (Å²) in [5, 5.41) is 23.3. The number of aryl methyl sites for hydroxylation is 1. The van der Waals surface area contributed by atoms with Crippen LogP contribution < -0.4 is 5.32 Å². The van der Waals surface area contributed by atoms with Gasteiger partial charge in [0.25, 0.3) is 11.6 Å². The minimum Gasteiger partial charge on any atom is -0.457 e. The Hall–Kier alpha value is -4.18. The Labute approximate surface area is 173 Å². The third-order valence-corrected chi connectivity index (χ3v) is 4.62. The number of furan rings is 1. The van der Waals surface area contributed by atoms with Crippen molar-refractivity contribution in [1.82, 2.24) is 5.32 Å². The molecule has 1 aromatic heterocycles. The van der Waals surface area contributed by atoms with Gasteiger partial charge in [0.1, 0.15) is 23.2 Å². The fourth-order valence-electron chi connectivity index (χ4n) is 2.94. The molecule has 3 aromatic rings. The molecule has 150 valence electrons. The van der Waals surface area contributed by atoms with E-state index in [0.717, 1.165) is 5.56 Å². The Bertz CT molecular complexity index is 1160. The molecule has 0 spiro atoms. The standard InChI is InChI=1S/C23H19N3O4/c1-15-8-9-18(13-21(15)26(28)29)22-11-10-20(30-22)12-19(14-24)23(27)25-16(2)17-6-4-3-5-7-17/h3-13,16H,1-2H3,(H,25,27)/b19-12-/t16-/m1/s1. The van der Waals surface area contributed by atoms with E-state index in [4.69, 9.17) is 4.42 Å². The van der Waals surface area contributed by atoms with Crippen LogP contribution in [-0.2, 0) is 4.79 Å². The van der Waals surface area contributed by atoms with E-state index in [9.17, 15) is 20.2 Å². The van der Waals surface area contributed by atoms with Crippen molar-refractivity contribution in [3.05, 3.63) is 93.2 Å². The quantitative estimate of drug-likeness (QED) is 0.272. The number of nitrogens with one attached hydrogen (secondary N) is 1. The lowest BCUT2D eigenvalue weighted by Gasteiger charge is -2.13. The van der Waals surface area contributed by atoms with Crippen molar-refractivity contribution in [2.24, 2.45) is 0 Å². The molecule has 0 aliphatic carbocycles. The van der Waals surface area contributed by atoms with E-state index in [1.807, 2.05) is 43.3 Å². The molecule has 3 rings (SSSR count). The number of hydrogen-bond donors (Lipinski definition) is 1. The molecule has 1 heterocycles. The molecule has 1 atom stereocenters. The number of nitro groups is 1. The second-order valence-corrected chi connectivity index (χ2v) is 6.74. The van der Waals surface area contributed by atoms with E-state index in [1.54, 1.807) is 31.2 Å². The van der Waals surface area contributed by atoms with E-state index >= 15 is 0 Å². The molecule has 0 unspecified atom stereocenters. The highest BCUT2D eigenvalue weighted by molar-refractivity contribution is 6.01. The SMILES string of the molecule is Cc1ccc(-c2ccc(/C=C(/C#N)C(=O)N[C@H](C)c3ccccc3)o2)cc1[N+](=O)[O-]. The van der Waals surface area contributed by atoms with Gasteiger partial charge in [0.2, 0.25) is 0 Å². The van der Waals surface area contributed by atoms with Crippen LogP contribution in [0, 0.1) is 28.4 Å². The molecule has 0 saturated heterocycles. The molecule has 0 saturated carbocycles. The summed E-state index contributed by atoms with van der Waals surface area (Å²) < 4.78 is 5.69. The first-order chi connectivity index (χ1) is 14.4. The maximum Gasteiger partial charge on any atom is 0.273 e. The van der Waals surface area contributed by atoms with Gasteiger partial charge in [-0.25, -0.2) is 0 Å². The number of amides is 1. The number of carbonyl (C=O) groups excluding carboxylic acids is 1. The molecule has 1 N–H and O–H groups in total. The van der Waals surface area contributed by atoms with Crippen molar-refractivity contribution < 1.29 is 14.1 Å². The van der Waals surface area contributed by atoms with Crippen LogP contribution in [0.1, 0.15) is 29.9 Å². The number of nitro benzene ring substituents is 1. The lowest BCUT2D eigenvalue weighted by Crippen LogP contribution is -2.27. The largest absolute Gasteiger partial charge is 0.457 e. The summed E-state index contributed by atoms with van der Waals surface area (Å²) in [5.41, 5.74) is 1.89. The van der Waals surface area contributed by atoms with Gasteiger partial charge in [-0.05, 0) is 31.5 Å². The van der Waals surface area contributed by atoms with Crippen LogP contribution in [0.15, 0.2) is 70.7 Å². The molecule has 0 fully saturated rings. The molecule has 2 aromatic carbocycles. The third kappa shape index (κ3) is 4.62. The molecule has 0 bridgehead atoms. The van der Waals surface area contributed by atoms with Gasteiger partial charge in [0, 0.05) is 23.3 Å². The zero-order valence-electron chi connectivity index (χ0n) is 16.5. The first kappa shape index (κ1) is 20.6. The van der Waals surface area contributed by atoms with Gasteiger partial charge in [-0.3, -0.25) is 14.9 Å². The molecule has 1 amide bonds. The van der Waals surface area contributed by atoms with Gasteiger partial charge in [0.05, 0.1) is 11.0 Å². The molecule has 7 nitrogen and oxygen atoms in total. The number of nitriles is 1. The number of carbonyl (C=O) groups is 1. The van der Waals surface area contributed by atoms with Crippen LogP contribution in [0.2, 0.25) is 0 Å². The zero-order valence-corrected chi connectivity index (χ0v) is 16.5. The average molecular weight is 401 g/mol. The van der Waals surface area contributed by atoms with Crippen molar-refractivity contribution in [1.29, 1.82) is 5.26 Å². The van der Waals surface area contributed by atoms with Crippen LogP contribution >= 0.6 is 0 Å². The van der Waals surface area contributed by atoms with Crippen molar-refractivity contribution in [3.8, 4) is 17.4 Å². The smallest absolute Gasteiger partial charge is 0.273 e. The van der Waals surface area contributed by atoms with E-state index in [1.165, 1.54) is 12.1 Å². The van der Waals surface area contributed by atoms with Gasteiger partial charge in [-0.1, -0.05) is 42.5 Å². The van der Waals surface area contributed by atoms with Crippen LogP contribution in [-0.4, -0.2) is 10.8 Å². The van der Waals surface area contributed by atoms with Crippen LogP contribution in [0.5, 0.6) is 0 Å². The summed E-state index contributed by atoms with van der Waals surface area (Å²) in [6.07, 6.45) is 1.35. The maximum atomic E-state index is 12.5. The molecular weight excluding hydrogens is 382 g/mol. The summed E-state index contributed by atoms with van der Waals surface area (Å²) >= 11 is 0. The average Bonchev–Trinajstić information content (AvgIpc) is 3.21. The van der Waals surface area contributed by atoms with Crippen LogP contribution in [0.4, 0.5) is 5.69 Å². The van der Waals surface area contributed by atoms with Crippen LogP contribution in [0.25, 0.3) is 17.4 Å². The Balaban J connectivity index is 1.80. The van der Waals surface area contributed by atoms with Crippen LogP contribution in [0.3, 0.4) is 0 Å². The Kier molecular flexibility index (Phi) is 6.08. The predicted molar refractivity (Wildman–Crippen MR) is 112 cm³/mol. The Morgan fingerprint density at radius 2 is 1.93 bits per heavy atom. The first-order valence-electron chi connectivity index (χ1n) is 9.22. The summed E-state index contributed by atoms with van der Waals surface area (Å²) in [4.78, 5) is 23.2. The summed E-state index contributed by atoms with van der Waals surface area (Å²) in [5.74, 6) is 0.185. The van der Waals surface area contributed by atoms with Crippen molar-refractivity contribution >= 4 is 17.7 Å². The highest BCUT2D eigenvalue weighted by atomic mass is 16.6. The normalized spacial score (nSPS) is 12.1. The highest BCUT2D eigenvalue weighted by Crippen LogP contribution is 2.28. The Morgan fingerprint density at radius 3 is 2.60 bits per heavy atom. The monoisotopic (exact) mass is 401 g/mol. The number of rotatable bonds is 6. The molecule has 0 aliphatic heterocycles. The topological polar surface area (TPSA) is 109 Å². The molecular formula is C23H19N3O4. The second kappa shape index (κ2) is 8.88. The fourth-order valence-corrected chi connectivity index (χ4v) is 2.94. The van der Waals surface area contributed by atoms with Crippen molar-refractivity contribution in [2.75, 3.05) is 0 Å². The van der Waals surface area contributed by atoms with E-state index in [-0.39, 0.29) is 17.3 Å². The number of nitrogens with zero attached hydrogens (tertiary/aromatic N) is 2. The second-order valence-electron chi connectivity index (χ2n) is 6.74. The maximum absolute atomic E-state index is 12.5.